The molecule has 2 N–H and O–H groups in total. The van der Waals surface area contributed by atoms with Gasteiger partial charge in [-0.2, -0.15) is 0 Å². The van der Waals surface area contributed by atoms with E-state index in [1.54, 1.807) is 54.6 Å². The number of carbonyl (C=O) groups excluding carboxylic acids is 3. The Bertz CT molecular complexity index is 845. The van der Waals surface area contributed by atoms with Gasteiger partial charge in [0.2, 0.25) is 0 Å². The van der Waals surface area contributed by atoms with E-state index in [1.165, 1.54) is 6.08 Å². The first-order valence-corrected chi connectivity index (χ1v) is 9.01. The van der Waals surface area contributed by atoms with Gasteiger partial charge in [-0.3, -0.25) is 9.59 Å². The van der Waals surface area contributed by atoms with Crippen LogP contribution in [-0.2, 0) is 9.59 Å². The fraction of sp³-hybridized carbons (Fsp3) is 0.227. The lowest BCUT2D eigenvalue weighted by Gasteiger charge is -2.22. The summed E-state index contributed by atoms with van der Waals surface area (Å²) in [5, 5.41) is 16.4. The maximum absolute atomic E-state index is 12.7. The zero-order valence-electron chi connectivity index (χ0n) is 15.8. The summed E-state index contributed by atoms with van der Waals surface area (Å²) in [6.45, 7) is 3.69. The average molecular weight is 379 g/mol. The van der Waals surface area contributed by atoms with Crippen LogP contribution in [0.2, 0.25) is 0 Å². The minimum Gasteiger partial charge on any atom is -0.548 e. The zero-order chi connectivity index (χ0) is 20.5. The van der Waals surface area contributed by atoms with Gasteiger partial charge in [0.1, 0.15) is 5.70 Å². The Morgan fingerprint density at radius 1 is 0.964 bits per heavy atom. The molecule has 1 atom stereocenters. The van der Waals surface area contributed by atoms with E-state index in [0.717, 1.165) is 0 Å². The number of nitrogens with one attached hydrogen (secondary N) is 2. The summed E-state index contributed by atoms with van der Waals surface area (Å²) in [5.74, 6) is -2.48. The maximum Gasteiger partial charge on any atom is 0.268 e. The Labute approximate surface area is 164 Å². The maximum atomic E-state index is 12.7. The molecule has 0 heterocycles. The van der Waals surface area contributed by atoms with E-state index in [0.29, 0.717) is 11.1 Å². The van der Waals surface area contributed by atoms with E-state index in [4.69, 9.17) is 0 Å². The molecule has 2 rings (SSSR count). The molecule has 146 valence electrons. The van der Waals surface area contributed by atoms with Crippen molar-refractivity contribution in [3.63, 3.8) is 0 Å². The third-order valence-electron chi connectivity index (χ3n) is 3.94. The van der Waals surface area contributed by atoms with E-state index in [9.17, 15) is 19.5 Å². The molecule has 2 aromatic carbocycles. The van der Waals surface area contributed by atoms with Crippen LogP contribution in [0.1, 0.15) is 36.2 Å². The lowest BCUT2D eigenvalue weighted by atomic mass is 10.0. The quantitative estimate of drug-likeness (QED) is 0.683. The van der Waals surface area contributed by atoms with E-state index < -0.39 is 23.8 Å². The Morgan fingerprint density at radius 3 is 2.07 bits per heavy atom. The van der Waals surface area contributed by atoms with Crippen LogP contribution in [0, 0.1) is 5.92 Å². The first kappa shape index (κ1) is 20.9. The van der Waals surface area contributed by atoms with Crippen LogP contribution in [0.3, 0.4) is 0 Å². The molecule has 0 bridgehead atoms. The summed E-state index contributed by atoms with van der Waals surface area (Å²) in [7, 11) is 0. The summed E-state index contributed by atoms with van der Waals surface area (Å²) in [4.78, 5) is 36.6. The standard InChI is InChI=1S/C22H24N2O4/c1-15(2)13-19(22(27)28)24-21(26)18(14-16-9-5-3-6-10-16)23-20(25)17-11-7-4-8-12-17/h3-12,14-15,19H,13H2,1-2H3,(H,23,25)(H,24,26)(H,27,28)/p-1/b18-14-/t19-/m0/s1. The Balaban J connectivity index is 2.27. The molecule has 0 aliphatic carbocycles. The SMILES string of the molecule is CC(C)C[C@H](NC(=O)/C(=C/c1ccccc1)NC(=O)c1ccccc1)C(=O)[O-]. The van der Waals surface area contributed by atoms with Crippen LogP contribution in [0.25, 0.3) is 6.08 Å². The second-order valence-electron chi connectivity index (χ2n) is 6.76. The van der Waals surface area contributed by atoms with Crippen molar-refractivity contribution >= 4 is 23.9 Å². The molecule has 6 heteroatoms. The molecule has 6 nitrogen and oxygen atoms in total. The fourth-order valence-electron chi connectivity index (χ4n) is 2.58. The largest absolute Gasteiger partial charge is 0.548 e. The van der Waals surface area contributed by atoms with Gasteiger partial charge in [-0.15, -0.1) is 0 Å². The lowest BCUT2D eigenvalue weighted by Crippen LogP contribution is -2.50. The smallest absolute Gasteiger partial charge is 0.268 e. The van der Waals surface area contributed by atoms with Crippen LogP contribution >= 0.6 is 0 Å². The molecule has 0 radical (unpaired) electrons. The van der Waals surface area contributed by atoms with Crippen LogP contribution in [-0.4, -0.2) is 23.8 Å². The Hall–Kier alpha value is -3.41. The first-order valence-electron chi connectivity index (χ1n) is 9.01. The molecule has 0 fully saturated rings. The van der Waals surface area contributed by atoms with Gasteiger partial charge in [0.05, 0.1) is 12.0 Å². The summed E-state index contributed by atoms with van der Waals surface area (Å²) in [6, 6.07) is 16.3. The van der Waals surface area contributed by atoms with Crippen LogP contribution < -0.4 is 15.7 Å². The van der Waals surface area contributed by atoms with Gasteiger partial charge in [0.25, 0.3) is 11.8 Å². The van der Waals surface area contributed by atoms with Crippen molar-refractivity contribution in [2.45, 2.75) is 26.3 Å². The summed E-state index contributed by atoms with van der Waals surface area (Å²) in [5.41, 5.74) is 1.03. The number of hydrogen-bond donors (Lipinski definition) is 2. The molecule has 0 spiro atoms. The first-order chi connectivity index (χ1) is 13.4. The van der Waals surface area contributed by atoms with Crippen LogP contribution in [0.15, 0.2) is 66.4 Å². The Morgan fingerprint density at radius 2 is 1.54 bits per heavy atom. The minimum atomic E-state index is -1.37. The van der Waals surface area contributed by atoms with E-state index in [1.807, 2.05) is 19.9 Å². The summed E-state index contributed by atoms with van der Waals surface area (Å²) in [6.07, 6.45) is 1.72. The fourth-order valence-corrected chi connectivity index (χ4v) is 2.58. The van der Waals surface area contributed by atoms with Gasteiger partial charge < -0.3 is 20.5 Å². The third kappa shape index (κ3) is 6.39. The molecule has 0 aliphatic rings. The number of amides is 2. The number of aliphatic carboxylic acids is 1. The van der Waals surface area contributed by atoms with Crippen LogP contribution in [0.5, 0.6) is 0 Å². The van der Waals surface area contributed by atoms with Crippen LogP contribution in [0.4, 0.5) is 0 Å². The van der Waals surface area contributed by atoms with Crippen molar-refractivity contribution in [1.29, 1.82) is 0 Å². The number of carboxylic acids is 1. The number of carboxylic acid groups (broad SMARTS) is 1. The van der Waals surface area contributed by atoms with Crippen molar-refractivity contribution in [1.82, 2.24) is 10.6 Å². The highest BCUT2D eigenvalue weighted by atomic mass is 16.4. The molecule has 0 aliphatic heterocycles. The van der Waals surface area contributed by atoms with Gasteiger partial charge in [-0.1, -0.05) is 62.4 Å². The number of benzene rings is 2. The second-order valence-corrected chi connectivity index (χ2v) is 6.76. The number of carbonyl (C=O) groups is 3. The normalized spacial score (nSPS) is 12.3. The molecule has 0 unspecified atom stereocenters. The van der Waals surface area contributed by atoms with Gasteiger partial charge in [0, 0.05) is 5.56 Å². The molecular weight excluding hydrogens is 356 g/mol. The topological polar surface area (TPSA) is 98.3 Å². The highest BCUT2D eigenvalue weighted by molar-refractivity contribution is 6.06. The minimum absolute atomic E-state index is 0.0451. The molecule has 28 heavy (non-hydrogen) atoms. The van der Waals surface area contributed by atoms with E-state index in [2.05, 4.69) is 10.6 Å². The lowest BCUT2D eigenvalue weighted by molar-refractivity contribution is -0.308. The van der Waals surface area contributed by atoms with Gasteiger partial charge in [0.15, 0.2) is 0 Å². The number of hydrogen-bond acceptors (Lipinski definition) is 4. The monoisotopic (exact) mass is 379 g/mol. The average Bonchev–Trinajstić information content (AvgIpc) is 2.68. The zero-order valence-corrected chi connectivity index (χ0v) is 15.8. The molecule has 0 aromatic heterocycles. The van der Waals surface area contributed by atoms with E-state index >= 15 is 0 Å². The van der Waals surface area contributed by atoms with Crippen molar-refractivity contribution in [2.24, 2.45) is 5.92 Å². The predicted octanol–water partition coefficient (Wildman–Crippen LogP) is 1.74. The molecule has 0 saturated carbocycles. The second kappa shape index (κ2) is 10.1. The molecule has 2 amide bonds. The van der Waals surface area contributed by atoms with Crippen molar-refractivity contribution < 1.29 is 19.5 Å². The molecular formula is C22H23N2O4-. The molecule has 0 saturated heterocycles. The van der Waals surface area contributed by atoms with Crippen molar-refractivity contribution in [2.75, 3.05) is 0 Å². The summed E-state index contributed by atoms with van der Waals surface area (Å²) >= 11 is 0. The predicted molar refractivity (Wildman–Crippen MR) is 105 cm³/mol. The highest BCUT2D eigenvalue weighted by Gasteiger charge is 2.20. The summed E-state index contributed by atoms with van der Waals surface area (Å²) < 4.78 is 0. The van der Waals surface area contributed by atoms with E-state index in [-0.39, 0.29) is 18.0 Å². The number of rotatable bonds is 8. The Kier molecular flexibility index (Phi) is 7.51. The van der Waals surface area contributed by atoms with Gasteiger partial charge >= 0.3 is 0 Å². The highest BCUT2D eigenvalue weighted by Crippen LogP contribution is 2.09. The van der Waals surface area contributed by atoms with Crippen molar-refractivity contribution in [3.05, 3.63) is 77.5 Å². The van der Waals surface area contributed by atoms with Gasteiger partial charge in [-0.25, -0.2) is 0 Å². The van der Waals surface area contributed by atoms with Gasteiger partial charge in [-0.05, 0) is 36.1 Å². The molecule has 2 aromatic rings. The van der Waals surface area contributed by atoms with Crippen molar-refractivity contribution in [3.8, 4) is 0 Å². The third-order valence-corrected chi connectivity index (χ3v) is 3.94.